The molecule has 5 N–H and O–H groups in total. The lowest BCUT2D eigenvalue weighted by Gasteiger charge is -2.35. The molecule has 5 unspecified atom stereocenters. The second kappa shape index (κ2) is 13.8. The number of alkyl halides is 4. The second-order valence-corrected chi connectivity index (χ2v) is 13.8. The number of hydrogen-bond donors (Lipinski definition) is 4. The lowest BCUT2D eigenvalue weighted by molar-refractivity contribution is -0.191. The SMILES string of the molecule is CC(C)OC(=O)C(C)NP(=S)(NC(C)C(=O)OC(C)C)OCC1(C(F)F)OC(n2cc(Cl)c(N)nc2=O)C(F)(F)C1O. The zero-order chi connectivity index (χ0) is 32.4. The van der Waals surface area contributed by atoms with Crippen molar-refractivity contribution in [2.75, 3.05) is 12.3 Å². The van der Waals surface area contributed by atoms with E-state index in [1.54, 1.807) is 27.7 Å². The van der Waals surface area contributed by atoms with E-state index in [1.165, 1.54) is 13.8 Å². The summed E-state index contributed by atoms with van der Waals surface area (Å²) < 4.78 is 80.3. The van der Waals surface area contributed by atoms with Crippen LogP contribution in [-0.4, -0.2) is 81.5 Å². The smallest absolute Gasteiger partial charge is 0.351 e. The van der Waals surface area contributed by atoms with E-state index in [4.69, 9.17) is 47.9 Å². The molecule has 0 aliphatic carbocycles. The van der Waals surface area contributed by atoms with Crippen molar-refractivity contribution in [3.8, 4) is 0 Å². The molecule has 2 rings (SSSR count). The van der Waals surface area contributed by atoms with Crippen molar-refractivity contribution in [3.63, 3.8) is 0 Å². The first-order valence-corrected chi connectivity index (χ1v) is 15.5. The quantitative estimate of drug-likeness (QED) is 0.137. The summed E-state index contributed by atoms with van der Waals surface area (Å²) in [6.07, 6.45) is -10.4. The third-order valence-corrected chi connectivity index (χ3v) is 8.84. The molecule has 0 radical (unpaired) electrons. The summed E-state index contributed by atoms with van der Waals surface area (Å²) in [7, 11) is 0. The van der Waals surface area contributed by atoms with Crippen LogP contribution >= 0.6 is 18.2 Å². The van der Waals surface area contributed by atoms with Crippen molar-refractivity contribution in [1.29, 1.82) is 0 Å². The van der Waals surface area contributed by atoms with Gasteiger partial charge in [0.1, 0.15) is 17.9 Å². The Hall–Kier alpha value is -1.92. The van der Waals surface area contributed by atoms with Gasteiger partial charge in [0.15, 0.2) is 18.3 Å². The van der Waals surface area contributed by atoms with E-state index in [9.17, 15) is 28.3 Å². The predicted molar refractivity (Wildman–Crippen MR) is 146 cm³/mol. The Balaban J connectivity index is 2.47. The van der Waals surface area contributed by atoms with Gasteiger partial charge in [0.2, 0.25) is 6.23 Å². The van der Waals surface area contributed by atoms with Crippen molar-refractivity contribution >= 4 is 47.7 Å². The van der Waals surface area contributed by atoms with Crippen LogP contribution in [-0.2, 0) is 40.1 Å². The number of aromatic nitrogens is 2. The highest BCUT2D eigenvalue weighted by atomic mass is 35.5. The second-order valence-electron chi connectivity index (χ2n) is 9.96. The molecule has 1 aliphatic heterocycles. The molecule has 240 valence electrons. The number of aliphatic hydroxyl groups excluding tert-OH is 1. The fourth-order valence-electron chi connectivity index (χ4n) is 3.61. The molecular formula is C22H33ClF4N5O8PS. The molecular weight excluding hydrogens is 637 g/mol. The Morgan fingerprint density at radius 2 is 1.64 bits per heavy atom. The summed E-state index contributed by atoms with van der Waals surface area (Å²) in [5.74, 6) is -6.70. The van der Waals surface area contributed by atoms with Gasteiger partial charge in [-0.3, -0.25) is 14.2 Å². The maximum Gasteiger partial charge on any atom is 0.351 e. The van der Waals surface area contributed by atoms with Crippen molar-refractivity contribution in [2.45, 2.75) is 96.1 Å². The van der Waals surface area contributed by atoms with Gasteiger partial charge in [-0.1, -0.05) is 11.6 Å². The number of nitrogens with zero attached hydrogens (tertiary/aromatic N) is 2. The van der Waals surface area contributed by atoms with Crippen LogP contribution in [0, 0.1) is 0 Å². The number of ether oxygens (including phenoxy) is 3. The zero-order valence-electron chi connectivity index (χ0n) is 23.3. The predicted octanol–water partition coefficient (Wildman–Crippen LogP) is 2.11. The van der Waals surface area contributed by atoms with Crippen LogP contribution in [0.2, 0.25) is 5.02 Å². The molecule has 0 bridgehead atoms. The number of nitrogens with one attached hydrogen (secondary N) is 2. The first-order chi connectivity index (χ1) is 19.2. The van der Waals surface area contributed by atoms with Gasteiger partial charge in [0.25, 0.3) is 6.43 Å². The molecule has 0 aromatic carbocycles. The molecule has 1 saturated heterocycles. The number of nitrogens with two attached hydrogens (primary N) is 1. The summed E-state index contributed by atoms with van der Waals surface area (Å²) in [5, 5.41) is 15.1. The Morgan fingerprint density at radius 3 is 2.07 bits per heavy atom. The number of nitrogen functional groups attached to an aromatic ring is 1. The minimum absolute atomic E-state index is 0.104. The minimum Gasteiger partial charge on any atom is -0.462 e. The average Bonchev–Trinajstić information content (AvgIpc) is 3.05. The third-order valence-electron chi connectivity index (χ3n) is 5.65. The van der Waals surface area contributed by atoms with Crippen LogP contribution < -0.4 is 21.6 Å². The fraction of sp³-hybridized carbons (Fsp3) is 0.727. The number of carbonyl (C=O) groups is 2. The number of halogens is 5. The third kappa shape index (κ3) is 8.16. The van der Waals surface area contributed by atoms with Crippen LogP contribution in [0.3, 0.4) is 0 Å². The Morgan fingerprint density at radius 1 is 1.17 bits per heavy atom. The number of anilines is 1. The van der Waals surface area contributed by atoms with Crippen LogP contribution in [0.25, 0.3) is 0 Å². The van der Waals surface area contributed by atoms with Crippen molar-refractivity contribution in [2.24, 2.45) is 0 Å². The van der Waals surface area contributed by atoms with Gasteiger partial charge >= 0.3 is 23.6 Å². The summed E-state index contributed by atoms with van der Waals surface area (Å²) in [4.78, 5) is 40.4. The summed E-state index contributed by atoms with van der Waals surface area (Å²) in [6.45, 7) is 3.36. The maximum absolute atomic E-state index is 15.3. The van der Waals surface area contributed by atoms with Gasteiger partial charge in [0.05, 0.1) is 23.8 Å². The van der Waals surface area contributed by atoms with E-state index < -0.39 is 96.2 Å². The van der Waals surface area contributed by atoms with E-state index in [0.717, 1.165) is 0 Å². The van der Waals surface area contributed by atoms with E-state index in [-0.39, 0.29) is 4.57 Å². The van der Waals surface area contributed by atoms with Gasteiger partial charge in [-0.25, -0.2) is 23.7 Å². The first-order valence-electron chi connectivity index (χ1n) is 12.4. The Bertz CT molecular complexity index is 1230. The van der Waals surface area contributed by atoms with Gasteiger partial charge in [-0.15, -0.1) is 0 Å². The van der Waals surface area contributed by atoms with Gasteiger partial charge in [-0.2, -0.15) is 13.8 Å². The van der Waals surface area contributed by atoms with Gasteiger partial charge < -0.3 is 29.6 Å². The fourth-order valence-corrected chi connectivity index (χ4v) is 6.71. The maximum atomic E-state index is 15.3. The lowest BCUT2D eigenvalue weighted by atomic mass is 9.96. The lowest BCUT2D eigenvalue weighted by Crippen LogP contribution is -2.55. The molecule has 2 heterocycles. The van der Waals surface area contributed by atoms with Crippen LogP contribution in [0.5, 0.6) is 0 Å². The zero-order valence-corrected chi connectivity index (χ0v) is 25.8. The molecule has 1 aromatic rings. The van der Waals surface area contributed by atoms with Crippen molar-refractivity contribution < 1.29 is 51.0 Å². The van der Waals surface area contributed by atoms with Crippen molar-refractivity contribution in [1.82, 2.24) is 19.7 Å². The monoisotopic (exact) mass is 669 g/mol. The molecule has 13 nitrogen and oxygen atoms in total. The number of carbonyl (C=O) groups excluding carboxylic acids is 2. The van der Waals surface area contributed by atoms with E-state index in [1.807, 2.05) is 0 Å². The molecule has 42 heavy (non-hydrogen) atoms. The Labute approximate surface area is 248 Å². The van der Waals surface area contributed by atoms with E-state index in [0.29, 0.717) is 6.20 Å². The highest BCUT2D eigenvalue weighted by Gasteiger charge is 2.71. The Kier molecular flexibility index (Phi) is 11.9. The number of aliphatic hydroxyl groups is 1. The molecule has 1 fully saturated rings. The van der Waals surface area contributed by atoms with Crippen LogP contribution in [0.4, 0.5) is 23.4 Å². The van der Waals surface area contributed by atoms with E-state index >= 15 is 8.78 Å². The van der Waals surface area contributed by atoms with Crippen LogP contribution in [0.1, 0.15) is 47.8 Å². The normalized spacial score (nSPS) is 24.9. The molecule has 0 amide bonds. The van der Waals surface area contributed by atoms with Crippen LogP contribution in [0.15, 0.2) is 11.0 Å². The number of rotatable bonds is 13. The molecule has 1 aliphatic rings. The van der Waals surface area contributed by atoms with Gasteiger partial charge in [-0.05, 0) is 53.3 Å². The van der Waals surface area contributed by atoms with E-state index in [2.05, 4.69) is 15.2 Å². The molecule has 0 spiro atoms. The molecule has 20 heteroatoms. The number of esters is 2. The number of hydrogen-bond acceptors (Lipinski definition) is 11. The van der Waals surface area contributed by atoms with Gasteiger partial charge in [0, 0.05) is 6.20 Å². The summed E-state index contributed by atoms with van der Waals surface area (Å²) >= 11 is 11.2. The summed E-state index contributed by atoms with van der Waals surface area (Å²) in [5.41, 5.74) is 0.492. The molecule has 5 atom stereocenters. The first kappa shape index (κ1) is 36.3. The topological polar surface area (TPSA) is 176 Å². The minimum atomic E-state index is -4.52. The highest BCUT2D eigenvalue weighted by molar-refractivity contribution is 8.10. The highest BCUT2D eigenvalue weighted by Crippen LogP contribution is 2.52. The van der Waals surface area contributed by atoms with Crippen molar-refractivity contribution in [3.05, 3.63) is 21.7 Å². The molecule has 1 aromatic heterocycles. The average molecular weight is 670 g/mol. The molecule has 0 saturated carbocycles. The summed E-state index contributed by atoms with van der Waals surface area (Å²) in [6, 6.07) is -2.49. The standard InChI is InChI=1S/C22H33ClF4N5O8PS/c1-9(2)38-15(33)11(5)30-41(42,31-12(6)16(34)39-10(3)4)37-8-21(18(24)25)17(35)22(26,27)19(40-21)32-7-13(23)14(28)29-20(32)36/h7,9-12,17-19,35H,8H2,1-6H3,(H2,28,29,36)(H2,30,31,42). The largest absolute Gasteiger partial charge is 0.462 e.